The number of thioether (sulfide) groups is 1. The van der Waals surface area contributed by atoms with Gasteiger partial charge in [0.15, 0.2) is 17.7 Å². The minimum Gasteiger partial charge on any atom is -0.457 e. The lowest BCUT2D eigenvalue weighted by atomic mass is 10.00. The number of nitroso groups, excluding NO2 is 1. The highest BCUT2D eigenvalue weighted by Gasteiger charge is 2.52. The molecule has 0 bridgehead atoms. The Labute approximate surface area is 141 Å². The quantitative estimate of drug-likeness (QED) is 0.469. The van der Waals surface area contributed by atoms with E-state index in [1.54, 1.807) is 0 Å². The van der Waals surface area contributed by atoms with E-state index in [1.807, 2.05) is 0 Å². The normalized spacial score (nSPS) is 18.3. The first-order valence-electron chi connectivity index (χ1n) is 6.71. The maximum absolute atomic E-state index is 13.8. The monoisotopic (exact) mass is 379 g/mol. The van der Waals surface area contributed by atoms with Gasteiger partial charge < -0.3 is 4.74 Å². The fourth-order valence-electron chi connectivity index (χ4n) is 2.43. The summed E-state index contributed by atoms with van der Waals surface area (Å²) in [6.07, 6.45) is -3.26. The maximum atomic E-state index is 13.8. The first-order valence-corrected chi connectivity index (χ1v) is 7.53. The van der Waals surface area contributed by atoms with Gasteiger partial charge in [-0.25, -0.2) is 17.6 Å². The van der Waals surface area contributed by atoms with Gasteiger partial charge in [-0.1, -0.05) is 5.18 Å². The van der Waals surface area contributed by atoms with Crippen LogP contribution in [0, 0.1) is 16.5 Å². The molecule has 0 spiro atoms. The van der Waals surface area contributed by atoms with E-state index in [0.717, 1.165) is 24.3 Å². The van der Waals surface area contributed by atoms with Crippen LogP contribution >= 0.6 is 11.8 Å². The molecule has 2 aromatic rings. The zero-order valence-corrected chi connectivity index (χ0v) is 12.8. The second kappa shape index (κ2) is 6.25. The van der Waals surface area contributed by atoms with Crippen molar-refractivity contribution in [2.24, 2.45) is 5.18 Å². The molecule has 1 heterocycles. The Hall–Kier alpha value is -2.23. The Balaban J connectivity index is 2.10. The van der Waals surface area contributed by atoms with Crippen LogP contribution in [0.2, 0.25) is 0 Å². The predicted octanol–water partition coefficient (Wildman–Crippen LogP) is 6.20. The molecule has 132 valence electrons. The van der Waals surface area contributed by atoms with Gasteiger partial charge in [0.05, 0.1) is 5.56 Å². The molecule has 1 atom stereocenters. The van der Waals surface area contributed by atoms with E-state index in [-0.39, 0.29) is 22.4 Å². The Morgan fingerprint density at radius 2 is 1.84 bits per heavy atom. The number of nitrogens with zero attached hydrogens (tertiary/aromatic N) is 1. The highest BCUT2D eigenvalue weighted by atomic mass is 32.2. The molecule has 25 heavy (non-hydrogen) atoms. The molecule has 1 aliphatic rings. The van der Waals surface area contributed by atoms with Gasteiger partial charge in [0.2, 0.25) is 0 Å². The van der Waals surface area contributed by atoms with Gasteiger partial charge in [-0.3, -0.25) is 0 Å². The first kappa shape index (κ1) is 17.6. The molecule has 0 radical (unpaired) electrons. The van der Waals surface area contributed by atoms with E-state index in [4.69, 9.17) is 4.74 Å². The minimum absolute atomic E-state index is 0.0486. The van der Waals surface area contributed by atoms with E-state index >= 15 is 0 Å². The minimum atomic E-state index is -3.67. The summed E-state index contributed by atoms with van der Waals surface area (Å²) in [6, 6.07) is 2.11. The van der Waals surface area contributed by atoms with Gasteiger partial charge in [-0.15, -0.1) is 4.91 Å². The molecule has 10 heteroatoms. The van der Waals surface area contributed by atoms with Gasteiger partial charge in [0, 0.05) is 16.5 Å². The fourth-order valence-corrected chi connectivity index (χ4v) is 3.47. The number of halogens is 6. The largest absolute Gasteiger partial charge is 0.457 e. The van der Waals surface area contributed by atoms with Crippen LogP contribution in [-0.2, 0) is 0 Å². The summed E-state index contributed by atoms with van der Waals surface area (Å²) >= 11 is -0.0486. The summed E-state index contributed by atoms with van der Waals surface area (Å²) in [7, 11) is 0. The van der Waals surface area contributed by atoms with Crippen LogP contribution in [0.1, 0.15) is 23.6 Å². The lowest BCUT2D eigenvalue weighted by Crippen LogP contribution is -2.15. The number of alkyl halides is 4. The average molecular weight is 379 g/mol. The van der Waals surface area contributed by atoms with Gasteiger partial charge >= 0.3 is 5.25 Å². The molecule has 0 fully saturated rings. The SMILES string of the molecule is O=NC1c2c(ccc(Oc3ccc(F)c(F)c3)c2C(F)F)SC1(F)F. The van der Waals surface area contributed by atoms with Crippen LogP contribution in [0.3, 0.4) is 0 Å². The molecule has 1 unspecified atom stereocenters. The molecule has 0 aromatic heterocycles. The topological polar surface area (TPSA) is 38.7 Å². The van der Waals surface area contributed by atoms with Crippen molar-refractivity contribution in [3.63, 3.8) is 0 Å². The Morgan fingerprint density at radius 1 is 1.12 bits per heavy atom. The van der Waals surface area contributed by atoms with Crippen LogP contribution in [-0.4, -0.2) is 5.25 Å². The highest BCUT2D eigenvalue weighted by molar-refractivity contribution is 8.00. The van der Waals surface area contributed by atoms with Crippen molar-refractivity contribution in [2.75, 3.05) is 0 Å². The predicted molar refractivity (Wildman–Crippen MR) is 77.2 cm³/mol. The maximum Gasteiger partial charge on any atom is 0.327 e. The third-order valence-corrected chi connectivity index (χ3v) is 4.56. The lowest BCUT2D eigenvalue weighted by Gasteiger charge is -2.16. The third-order valence-electron chi connectivity index (χ3n) is 3.49. The Kier molecular flexibility index (Phi) is 4.40. The molecule has 1 aliphatic heterocycles. The summed E-state index contributed by atoms with van der Waals surface area (Å²) < 4.78 is 85.8. The summed E-state index contributed by atoms with van der Waals surface area (Å²) in [6.45, 7) is 0. The van der Waals surface area contributed by atoms with Gasteiger partial charge in [0.1, 0.15) is 11.5 Å². The van der Waals surface area contributed by atoms with Crippen LogP contribution in [0.4, 0.5) is 26.3 Å². The van der Waals surface area contributed by atoms with Gasteiger partial charge in [-0.2, -0.15) is 8.78 Å². The smallest absolute Gasteiger partial charge is 0.327 e. The molecule has 0 amide bonds. The molecule has 0 saturated carbocycles. The Morgan fingerprint density at radius 3 is 2.44 bits per heavy atom. The van der Waals surface area contributed by atoms with Crippen LogP contribution in [0.5, 0.6) is 11.5 Å². The molecule has 0 saturated heterocycles. The molecular weight excluding hydrogens is 372 g/mol. The number of fused-ring (bicyclic) bond motifs is 1. The summed E-state index contributed by atoms with van der Waals surface area (Å²) in [5.41, 5.74) is -1.56. The van der Waals surface area contributed by atoms with E-state index in [0.29, 0.717) is 6.07 Å². The van der Waals surface area contributed by atoms with Crippen molar-refractivity contribution >= 4 is 11.8 Å². The molecule has 3 rings (SSSR count). The zero-order valence-electron chi connectivity index (χ0n) is 12.0. The van der Waals surface area contributed by atoms with E-state index in [1.165, 1.54) is 0 Å². The van der Waals surface area contributed by atoms with E-state index in [9.17, 15) is 31.2 Å². The molecule has 0 aliphatic carbocycles. The van der Waals surface area contributed by atoms with Crippen molar-refractivity contribution < 1.29 is 31.1 Å². The molecule has 3 nitrogen and oxygen atoms in total. The molecular formula is C15H7F6NO2S. The zero-order chi connectivity index (χ0) is 18.4. The van der Waals surface area contributed by atoms with Crippen molar-refractivity contribution in [3.8, 4) is 11.5 Å². The Bertz CT molecular complexity index is 845. The number of hydrogen-bond acceptors (Lipinski definition) is 4. The highest BCUT2D eigenvalue weighted by Crippen LogP contribution is 2.59. The van der Waals surface area contributed by atoms with Crippen molar-refractivity contribution in [2.45, 2.75) is 22.6 Å². The number of benzene rings is 2. The van der Waals surface area contributed by atoms with Crippen LogP contribution in [0.15, 0.2) is 40.4 Å². The molecule has 0 N–H and O–H groups in total. The second-order valence-electron chi connectivity index (χ2n) is 5.04. The standard InChI is InChI=1S/C15H7F6NO2S/c16-7-2-1-6(5-8(7)17)24-9-3-4-10-12(11(9)14(18)19)13(22-23)15(20,21)25-10/h1-5,13-14H. The summed E-state index contributed by atoms with van der Waals surface area (Å²) in [5, 5.41) is -1.39. The lowest BCUT2D eigenvalue weighted by molar-refractivity contribution is 0.0774. The number of ether oxygens (including phenoxy) is 1. The number of rotatable bonds is 4. The van der Waals surface area contributed by atoms with E-state index < -0.39 is 46.2 Å². The van der Waals surface area contributed by atoms with Crippen LogP contribution < -0.4 is 4.74 Å². The van der Waals surface area contributed by atoms with Gasteiger partial charge in [0.25, 0.3) is 6.43 Å². The van der Waals surface area contributed by atoms with Crippen molar-refractivity contribution in [3.05, 3.63) is 58.0 Å². The first-order chi connectivity index (χ1) is 11.7. The second-order valence-corrected chi connectivity index (χ2v) is 6.23. The van der Waals surface area contributed by atoms with E-state index in [2.05, 4.69) is 5.18 Å². The van der Waals surface area contributed by atoms with Crippen molar-refractivity contribution in [1.82, 2.24) is 0 Å². The fraction of sp³-hybridized carbons (Fsp3) is 0.200. The summed E-state index contributed by atoms with van der Waals surface area (Å²) in [5.74, 6) is -3.30. The van der Waals surface area contributed by atoms with Gasteiger partial charge in [-0.05, 0) is 36.0 Å². The van der Waals surface area contributed by atoms with Crippen LogP contribution in [0.25, 0.3) is 0 Å². The summed E-state index contributed by atoms with van der Waals surface area (Å²) in [4.78, 5) is 10.6. The number of hydrogen-bond donors (Lipinski definition) is 0. The third kappa shape index (κ3) is 3.06. The average Bonchev–Trinajstić information content (AvgIpc) is 2.79. The molecule has 2 aromatic carbocycles. The van der Waals surface area contributed by atoms with Crippen molar-refractivity contribution in [1.29, 1.82) is 0 Å².